The van der Waals surface area contributed by atoms with Gasteiger partial charge >= 0.3 is 5.97 Å². The molecule has 0 aliphatic carbocycles. The molecule has 0 bridgehead atoms. The van der Waals surface area contributed by atoms with Crippen LogP contribution in [0.15, 0.2) is 36.4 Å². The molecule has 0 spiro atoms. The van der Waals surface area contributed by atoms with E-state index in [1.807, 2.05) is 19.9 Å². The summed E-state index contributed by atoms with van der Waals surface area (Å²) in [5, 5.41) is 10.6. The Kier molecular flexibility index (Phi) is 13.6. The molecule has 0 heterocycles. The van der Waals surface area contributed by atoms with Crippen molar-refractivity contribution < 1.29 is 42.8 Å². The number of ether oxygens (including phenoxy) is 5. The zero-order valence-corrected chi connectivity index (χ0v) is 23.3. The van der Waals surface area contributed by atoms with Crippen molar-refractivity contribution >= 4 is 17.8 Å². The van der Waals surface area contributed by atoms with Gasteiger partial charge in [-0.25, -0.2) is 4.39 Å². The third-order valence-corrected chi connectivity index (χ3v) is 5.77. The van der Waals surface area contributed by atoms with Gasteiger partial charge in [0, 0.05) is 19.1 Å². The molecule has 0 aliphatic heterocycles. The van der Waals surface area contributed by atoms with E-state index in [9.17, 15) is 19.1 Å². The summed E-state index contributed by atoms with van der Waals surface area (Å²) in [4.78, 5) is 23.8. The first-order chi connectivity index (χ1) is 18.7. The van der Waals surface area contributed by atoms with Crippen molar-refractivity contribution in [2.24, 2.45) is 0 Å². The van der Waals surface area contributed by atoms with Crippen LogP contribution in [0.4, 0.5) is 4.39 Å². The second kappa shape index (κ2) is 16.6. The minimum Gasteiger partial charge on any atom is -0.493 e. The Morgan fingerprint density at radius 1 is 1.05 bits per heavy atom. The number of esters is 1. The van der Waals surface area contributed by atoms with Crippen molar-refractivity contribution in [1.82, 2.24) is 0 Å². The number of carbonyl (C=O) groups excluding carboxylic acids is 2. The summed E-state index contributed by atoms with van der Waals surface area (Å²) in [6.07, 6.45) is 1.45. The minimum absolute atomic E-state index is 0.0479. The van der Waals surface area contributed by atoms with Crippen LogP contribution >= 0.6 is 0 Å². The highest BCUT2D eigenvalue weighted by Crippen LogP contribution is 2.45. The predicted molar refractivity (Wildman–Crippen MR) is 147 cm³/mol. The van der Waals surface area contributed by atoms with Gasteiger partial charge in [0.15, 0.2) is 11.5 Å². The van der Waals surface area contributed by atoms with Gasteiger partial charge in [0.25, 0.3) is 0 Å². The summed E-state index contributed by atoms with van der Waals surface area (Å²) in [7, 11) is 3.14. The number of ketones is 1. The van der Waals surface area contributed by atoms with Gasteiger partial charge in [0.1, 0.15) is 24.6 Å². The average Bonchev–Trinajstić information content (AvgIpc) is 2.89. The molecule has 0 saturated carbocycles. The molecule has 1 unspecified atom stereocenters. The zero-order chi connectivity index (χ0) is 28.8. The van der Waals surface area contributed by atoms with Crippen LogP contribution in [-0.2, 0) is 23.8 Å². The van der Waals surface area contributed by atoms with Crippen molar-refractivity contribution in [2.75, 3.05) is 47.3 Å². The molecule has 1 N–H and O–H groups in total. The van der Waals surface area contributed by atoms with Crippen LogP contribution in [-0.4, -0.2) is 70.2 Å². The number of aliphatic hydroxyl groups is 1. The molecule has 0 aliphatic rings. The van der Waals surface area contributed by atoms with Gasteiger partial charge in [-0.1, -0.05) is 38.1 Å². The largest absolute Gasteiger partial charge is 0.493 e. The Labute approximate surface area is 229 Å². The summed E-state index contributed by atoms with van der Waals surface area (Å²) in [5.74, 6) is -0.448. The van der Waals surface area contributed by atoms with E-state index < -0.39 is 24.3 Å². The molecule has 2 aromatic rings. The Balaban J connectivity index is 2.49. The molecule has 39 heavy (non-hydrogen) atoms. The molecule has 2 aromatic carbocycles. The van der Waals surface area contributed by atoms with Gasteiger partial charge in [0.2, 0.25) is 0 Å². The van der Waals surface area contributed by atoms with Gasteiger partial charge in [-0.05, 0) is 47.7 Å². The van der Waals surface area contributed by atoms with E-state index in [4.69, 9.17) is 23.7 Å². The van der Waals surface area contributed by atoms with E-state index >= 15 is 0 Å². The average molecular weight is 547 g/mol. The molecule has 8 nitrogen and oxygen atoms in total. The van der Waals surface area contributed by atoms with Crippen LogP contribution in [0.2, 0.25) is 0 Å². The molecule has 1 atom stereocenters. The monoisotopic (exact) mass is 546 g/mol. The summed E-state index contributed by atoms with van der Waals surface area (Å²) in [6.45, 7) is 7.30. The lowest BCUT2D eigenvalue weighted by atomic mass is 9.88. The Morgan fingerprint density at radius 3 is 2.36 bits per heavy atom. The first kappa shape index (κ1) is 31.9. The first-order valence-electron chi connectivity index (χ1n) is 13.0. The Bertz CT molecular complexity index is 1100. The van der Waals surface area contributed by atoms with Crippen LogP contribution in [0.1, 0.15) is 50.7 Å². The fourth-order valence-electron chi connectivity index (χ4n) is 3.93. The topological polar surface area (TPSA) is 101 Å². The van der Waals surface area contributed by atoms with Gasteiger partial charge in [-0.15, -0.1) is 0 Å². The summed E-state index contributed by atoms with van der Waals surface area (Å²) >= 11 is 0. The maximum atomic E-state index is 13.8. The second-order valence-corrected chi connectivity index (χ2v) is 9.05. The molecule has 2 rings (SSSR count). The maximum Gasteiger partial charge on any atom is 0.313 e. The number of aliphatic hydroxyl groups excluding tert-OH is 1. The normalized spacial score (nSPS) is 12.1. The van der Waals surface area contributed by atoms with Crippen molar-refractivity contribution in [3.8, 4) is 22.6 Å². The van der Waals surface area contributed by atoms with Crippen LogP contribution < -0.4 is 9.47 Å². The lowest BCUT2D eigenvalue weighted by molar-refractivity contribution is -0.145. The maximum absolute atomic E-state index is 13.8. The Morgan fingerprint density at radius 2 is 1.74 bits per heavy atom. The van der Waals surface area contributed by atoms with Crippen molar-refractivity contribution in [2.45, 2.75) is 45.6 Å². The van der Waals surface area contributed by atoms with Gasteiger partial charge < -0.3 is 28.8 Å². The molecule has 0 fully saturated rings. The standard InChI is InChI=1S/C30H39FO8/c1-6-38-28(34)18-24(33)17-23(32)11-12-25-26(20(2)3)19-27(36-5)30(39-16-15-37-14-13-35-4)29(25)21-7-9-22(31)10-8-21/h7-12,19-20,23,32H,6,13-18H2,1-5H3/b12-11+. The van der Waals surface area contributed by atoms with E-state index in [0.29, 0.717) is 42.4 Å². The van der Waals surface area contributed by atoms with E-state index in [0.717, 1.165) is 11.1 Å². The number of hydrogen-bond donors (Lipinski definition) is 1. The number of benzene rings is 2. The smallest absolute Gasteiger partial charge is 0.313 e. The molecule has 0 amide bonds. The Hall–Kier alpha value is -3.27. The molecule has 9 heteroatoms. The third kappa shape index (κ3) is 10.1. The number of Topliss-reactive ketones (excluding diaryl/α,β-unsaturated/α-hetero) is 1. The van der Waals surface area contributed by atoms with E-state index in [1.54, 1.807) is 39.4 Å². The minimum atomic E-state index is -1.13. The van der Waals surface area contributed by atoms with Crippen LogP contribution in [0.25, 0.3) is 17.2 Å². The quantitative estimate of drug-likeness (QED) is 0.169. The summed E-state index contributed by atoms with van der Waals surface area (Å²) < 4.78 is 41.0. The molecule has 0 saturated heterocycles. The third-order valence-electron chi connectivity index (χ3n) is 5.77. The van der Waals surface area contributed by atoms with Crippen LogP contribution in [0, 0.1) is 5.82 Å². The van der Waals surface area contributed by atoms with Gasteiger partial charge in [0.05, 0.1) is 39.6 Å². The first-order valence-corrected chi connectivity index (χ1v) is 13.0. The predicted octanol–water partition coefficient (Wildman–Crippen LogP) is 4.95. The highest BCUT2D eigenvalue weighted by molar-refractivity contribution is 5.96. The lowest BCUT2D eigenvalue weighted by Crippen LogP contribution is -2.16. The fraction of sp³-hybridized carbons (Fsp3) is 0.467. The van der Waals surface area contributed by atoms with Crippen LogP contribution in [0.5, 0.6) is 11.5 Å². The van der Waals surface area contributed by atoms with Gasteiger partial charge in [-0.3, -0.25) is 9.59 Å². The summed E-state index contributed by atoms with van der Waals surface area (Å²) in [5.41, 5.74) is 2.96. The SMILES string of the molecule is CCOC(=O)CC(=O)CC(O)/C=C/c1c(C(C)C)cc(OC)c(OCCOCCOC)c1-c1ccc(F)cc1. The second-order valence-electron chi connectivity index (χ2n) is 9.05. The molecular weight excluding hydrogens is 507 g/mol. The number of hydrogen-bond acceptors (Lipinski definition) is 8. The van der Waals surface area contributed by atoms with Crippen molar-refractivity contribution in [3.63, 3.8) is 0 Å². The number of halogens is 1. The van der Waals surface area contributed by atoms with Crippen molar-refractivity contribution in [1.29, 1.82) is 0 Å². The zero-order valence-electron chi connectivity index (χ0n) is 23.3. The molecule has 0 aromatic heterocycles. The van der Waals surface area contributed by atoms with E-state index in [1.165, 1.54) is 18.2 Å². The molecule has 214 valence electrons. The number of rotatable bonds is 17. The number of methoxy groups -OCH3 is 2. The summed E-state index contributed by atoms with van der Waals surface area (Å²) in [6, 6.07) is 7.88. The van der Waals surface area contributed by atoms with Gasteiger partial charge in [-0.2, -0.15) is 0 Å². The highest BCUT2D eigenvalue weighted by atomic mass is 19.1. The number of carbonyl (C=O) groups is 2. The van der Waals surface area contributed by atoms with Crippen molar-refractivity contribution in [3.05, 3.63) is 53.4 Å². The van der Waals surface area contributed by atoms with E-state index in [-0.39, 0.29) is 31.4 Å². The highest BCUT2D eigenvalue weighted by Gasteiger charge is 2.22. The fourth-order valence-corrected chi connectivity index (χ4v) is 3.93. The molecule has 0 radical (unpaired) electrons. The molecular formula is C30H39FO8. The van der Waals surface area contributed by atoms with E-state index in [2.05, 4.69) is 0 Å². The lowest BCUT2D eigenvalue weighted by Gasteiger charge is -2.22. The van der Waals surface area contributed by atoms with Crippen LogP contribution in [0.3, 0.4) is 0 Å².